The Bertz CT molecular complexity index is 299. The van der Waals surface area contributed by atoms with Gasteiger partial charge in [-0.2, -0.15) is 0 Å². The fourth-order valence-corrected chi connectivity index (χ4v) is 1.14. The molecule has 0 aliphatic heterocycles. The second-order valence-corrected chi connectivity index (χ2v) is 2.77. The van der Waals surface area contributed by atoms with Crippen LogP contribution >= 0.6 is 0 Å². The van der Waals surface area contributed by atoms with Crippen molar-refractivity contribution in [3.8, 4) is 0 Å². The number of aliphatic carboxylic acids is 1. The molecule has 0 saturated carbocycles. The highest BCUT2D eigenvalue weighted by Gasteiger charge is 2.00. The summed E-state index contributed by atoms with van der Waals surface area (Å²) in [5, 5.41) is 8.55. The average molecular weight is 180 g/mol. The summed E-state index contributed by atoms with van der Waals surface area (Å²) in [6.07, 6.45) is 0.0540. The molecule has 70 valence electrons. The van der Waals surface area contributed by atoms with Crippen LogP contribution in [0.5, 0.6) is 0 Å². The third-order valence-corrected chi connectivity index (χ3v) is 1.65. The molecule has 4 N–H and O–H groups in total. The lowest BCUT2D eigenvalue weighted by atomic mass is 10.1. The van der Waals surface area contributed by atoms with E-state index in [1.807, 2.05) is 18.2 Å². The maximum atomic E-state index is 10.4. The third kappa shape index (κ3) is 3.23. The van der Waals surface area contributed by atoms with Crippen molar-refractivity contribution in [3.63, 3.8) is 0 Å². The monoisotopic (exact) mass is 180 g/mol. The van der Waals surface area contributed by atoms with Gasteiger partial charge in [-0.1, -0.05) is 24.3 Å². The molecule has 0 atom stereocenters. The first-order valence-corrected chi connectivity index (χ1v) is 3.95. The van der Waals surface area contributed by atoms with E-state index in [-0.39, 0.29) is 6.42 Å². The molecule has 1 rings (SSSR count). The highest BCUT2D eigenvalue weighted by molar-refractivity contribution is 5.70. The van der Waals surface area contributed by atoms with Crippen molar-refractivity contribution in [2.45, 2.75) is 13.0 Å². The first-order chi connectivity index (χ1) is 6.22. The molecule has 0 heterocycles. The van der Waals surface area contributed by atoms with Crippen LogP contribution < -0.4 is 11.3 Å². The van der Waals surface area contributed by atoms with Crippen molar-refractivity contribution in [1.82, 2.24) is 5.43 Å². The largest absolute Gasteiger partial charge is 0.481 e. The van der Waals surface area contributed by atoms with E-state index in [2.05, 4.69) is 5.43 Å². The first kappa shape index (κ1) is 9.70. The van der Waals surface area contributed by atoms with Crippen LogP contribution in [0, 0.1) is 0 Å². The molecule has 0 spiro atoms. The SMILES string of the molecule is NNCc1cccc(CC(=O)O)c1. The smallest absolute Gasteiger partial charge is 0.307 e. The van der Waals surface area contributed by atoms with Gasteiger partial charge in [0.25, 0.3) is 0 Å². The molecule has 0 amide bonds. The van der Waals surface area contributed by atoms with Crippen LogP contribution in [0.25, 0.3) is 0 Å². The first-order valence-electron chi connectivity index (χ1n) is 3.95. The number of carboxylic acids is 1. The maximum absolute atomic E-state index is 10.4. The van der Waals surface area contributed by atoms with Gasteiger partial charge in [0.05, 0.1) is 6.42 Å². The van der Waals surface area contributed by atoms with E-state index < -0.39 is 5.97 Å². The number of hydrogen-bond donors (Lipinski definition) is 3. The van der Waals surface area contributed by atoms with Gasteiger partial charge in [0.1, 0.15) is 0 Å². The molecule has 0 aliphatic rings. The van der Waals surface area contributed by atoms with Gasteiger partial charge in [-0.15, -0.1) is 0 Å². The third-order valence-electron chi connectivity index (χ3n) is 1.65. The molecular formula is C9H12N2O2. The Morgan fingerprint density at radius 1 is 1.46 bits per heavy atom. The summed E-state index contributed by atoms with van der Waals surface area (Å²) < 4.78 is 0. The quantitative estimate of drug-likeness (QED) is 0.459. The lowest BCUT2D eigenvalue weighted by Crippen LogP contribution is -2.20. The van der Waals surface area contributed by atoms with E-state index >= 15 is 0 Å². The molecule has 4 nitrogen and oxygen atoms in total. The summed E-state index contributed by atoms with van der Waals surface area (Å²) in [5.74, 6) is 4.32. The van der Waals surface area contributed by atoms with E-state index in [1.54, 1.807) is 6.07 Å². The number of rotatable bonds is 4. The number of hydrazine groups is 1. The number of carbonyl (C=O) groups is 1. The van der Waals surface area contributed by atoms with Gasteiger partial charge < -0.3 is 5.11 Å². The summed E-state index contributed by atoms with van der Waals surface area (Å²) >= 11 is 0. The van der Waals surface area contributed by atoms with Crippen LogP contribution in [-0.2, 0) is 17.8 Å². The zero-order valence-corrected chi connectivity index (χ0v) is 7.16. The molecule has 0 radical (unpaired) electrons. The van der Waals surface area contributed by atoms with E-state index in [9.17, 15) is 4.79 Å². The predicted octanol–water partition coefficient (Wildman–Crippen LogP) is 0.277. The number of benzene rings is 1. The lowest BCUT2D eigenvalue weighted by molar-refractivity contribution is -0.136. The maximum Gasteiger partial charge on any atom is 0.307 e. The van der Waals surface area contributed by atoms with Gasteiger partial charge in [-0.3, -0.25) is 16.1 Å². The van der Waals surface area contributed by atoms with Crippen molar-refractivity contribution in [2.75, 3.05) is 0 Å². The summed E-state index contributed by atoms with van der Waals surface area (Å²) in [6, 6.07) is 7.33. The number of hydrogen-bond acceptors (Lipinski definition) is 3. The Labute approximate surface area is 76.3 Å². The predicted molar refractivity (Wildman–Crippen MR) is 48.8 cm³/mol. The van der Waals surface area contributed by atoms with E-state index in [0.29, 0.717) is 6.54 Å². The van der Waals surface area contributed by atoms with Crippen molar-refractivity contribution in [2.24, 2.45) is 5.84 Å². The Morgan fingerprint density at radius 3 is 2.77 bits per heavy atom. The van der Waals surface area contributed by atoms with E-state index in [1.165, 1.54) is 0 Å². The number of carboxylic acid groups (broad SMARTS) is 1. The van der Waals surface area contributed by atoms with Gasteiger partial charge in [0.2, 0.25) is 0 Å². The van der Waals surface area contributed by atoms with Gasteiger partial charge in [0, 0.05) is 6.54 Å². The standard InChI is InChI=1S/C9H12N2O2/c10-11-6-8-3-1-2-7(4-8)5-9(12)13/h1-4,11H,5-6,10H2,(H,12,13). The number of nitrogens with one attached hydrogen (secondary N) is 1. The average Bonchev–Trinajstić information content (AvgIpc) is 2.04. The van der Waals surface area contributed by atoms with Gasteiger partial charge in [-0.25, -0.2) is 0 Å². The summed E-state index contributed by atoms with van der Waals surface area (Å²) in [6.45, 7) is 0.549. The molecule has 0 aliphatic carbocycles. The molecule has 0 unspecified atom stereocenters. The van der Waals surface area contributed by atoms with Gasteiger partial charge >= 0.3 is 5.97 Å². The minimum atomic E-state index is -0.821. The Kier molecular flexibility index (Phi) is 3.42. The molecule has 0 fully saturated rings. The molecule has 1 aromatic carbocycles. The lowest BCUT2D eigenvalue weighted by Gasteiger charge is -2.02. The van der Waals surface area contributed by atoms with Crippen molar-refractivity contribution in [3.05, 3.63) is 35.4 Å². The molecule has 1 aromatic rings. The van der Waals surface area contributed by atoms with Crippen molar-refractivity contribution >= 4 is 5.97 Å². The topological polar surface area (TPSA) is 75.3 Å². The molecule has 0 aromatic heterocycles. The number of nitrogens with two attached hydrogens (primary N) is 1. The van der Waals surface area contributed by atoms with E-state index in [0.717, 1.165) is 11.1 Å². The molecule has 4 heteroatoms. The van der Waals surface area contributed by atoms with Gasteiger partial charge in [0.15, 0.2) is 0 Å². The van der Waals surface area contributed by atoms with Crippen LogP contribution in [0.2, 0.25) is 0 Å². The van der Waals surface area contributed by atoms with Crippen molar-refractivity contribution < 1.29 is 9.90 Å². The second kappa shape index (κ2) is 4.59. The van der Waals surface area contributed by atoms with E-state index in [4.69, 9.17) is 10.9 Å². The summed E-state index contributed by atoms with van der Waals surface area (Å²) in [4.78, 5) is 10.4. The highest BCUT2D eigenvalue weighted by Crippen LogP contribution is 2.05. The molecule has 0 saturated heterocycles. The minimum absolute atomic E-state index is 0.0540. The van der Waals surface area contributed by atoms with Crippen LogP contribution in [0.3, 0.4) is 0 Å². The zero-order valence-electron chi connectivity index (χ0n) is 7.16. The van der Waals surface area contributed by atoms with Crippen LogP contribution in [0.1, 0.15) is 11.1 Å². The highest BCUT2D eigenvalue weighted by atomic mass is 16.4. The summed E-state index contributed by atoms with van der Waals surface area (Å²) in [5.41, 5.74) is 4.30. The molecule has 0 bridgehead atoms. The Balaban J connectivity index is 2.73. The fraction of sp³-hybridized carbons (Fsp3) is 0.222. The molecule has 13 heavy (non-hydrogen) atoms. The minimum Gasteiger partial charge on any atom is -0.481 e. The molecular weight excluding hydrogens is 168 g/mol. The Morgan fingerprint density at radius 2 is 2.15 bits per heavy atom. The normalized spacial score (nSPS) is 9.92. The summed E-state index contributed by atoms with van der Waals surface area (Å²) in [7, 11) is 0. The van der Waals surface area contributed by atoms with Crippen LogP contribution in [0.4, 0.5) is 0 Å². The fourth-order valence-electron chi connectivity index (χ4n) is 1.14. The Hall–Kier alpha value is -1.39. The van der Waals surface area contributed by atoms with Gasteiger partial charge in [-0.05, 0) is 11.1 Å². The zero-order chi connectivity index (χ0) is 9.68. The van der Waals surface area contributed by atoms with Crippen LogP contribution in [0.15, 0.2) is 24.3 Å². The van der Waals surface area contributed by atoms with Crippen molar-refractivity contribution in [1.29, 1.82) is 0 Å². The van der Waals surface area contributed by atoms with Crippen LogP contribution in [-0.4, -0.2) is 11.1 Å². The second-order valence-electron chi connectivity index (χ2n) is 2.77.